The van der Waals surface area contributed by atoms with Crippen LogP contribution in [-0.4, -0.2) is 68.5 Å². The number of pyridine rings is 2. The molecule has 0 radical (unpaired) electrons. The minimum absolute atomic E-state index is 0.0366. The monoisotopic (exact) mass is 593 g/mol. The van der Waals surface area contributed by atoms with Crippen LogP contribution < -0.4 is 10.6 Å². The summed E-state index contributed by atoms with van der Waals surface area (Å²) in [5, 5.41) is 31.4. The number of anilines is 1. The van der Waals surface area contributed by atoms with Crippen molar-refractivity contribution in [1.82, 2.24) is 35.9 Å². The molecule has 1 saturated carbocycles. The number of aromatic nitrogens is 6. The Hall–Kier alpha value is -3.17. The molecule has 42 heavy (non-hydrogen) atoms. The van der Waals surface area contributed by atoms with Crippen molar-refractivity contribution < 1.29 is 9.47 Å². The highest BCUT2D eigenvalue weighted by molar-refractivity contribution is 6.33. The summed E-state index contributed by atoms with van der Waals surface area (Å²) in [6, 6.07) is 11.1. The fourth-order valence-corrected chi connectivity index (χ4v) is 5.95. The summed E-state index contributed by atoms with van der Waals surface area (Å²) in [7, 11) is 0. The molecule has 224 valence electrons. The molecule has 11 nitrogen and oxygen atoms in total. The average Bonchev–Trinajstić information content (AvgIpc) is 3.55. The normalized spacial score (nSPS) is 21.8. The molecule has 4 heterocycles. The highest BCUT2D eigenvalue weighted by Gasteiger charge is 2.32. The van der Waals surface area contributed by atoms with Gasteiger partial charge in [-0.3, -0.25) is 4.98 Å². The van der Waals surface area contributed by atoms with Crippen molar-refractivity contribution in [1.29, 1.82) is 5.26 Å². The van der Waals surface area contributed by atoms with Crippen LogP contribution in [0.2, 0.25) is 5.02 Å². The van der Waals surface area contributed by atoms with Crippen molar-refractivity contribution in [2.24, 2.45) is 11.3 Å². The highest BCUT2D eigenvalue weighted by atomic mass is 35.5. The third-order valence-electron chi connectivity index (χ3n) is 8.64. The fraction of sp³-hybridized carbons (Fsp3) is 0.600. The maximum absolute atomic E-state index is 9.77. The predicted molar refractivity (Wildman–Crippen MR) is 160 cm³/mol. The molecule has 3 aromatic rings. The second kappa shape index (κ2) is 14.3. The molecule has 1 aliphatic carbocycles. The molecule has 3 aromatic heterocycles. The van der Waals surface area contributed by atoms with Crippen molar-refractivity contribution in [3.05, 3.63) is 47.0 Å². The van der Waals surface area contributed by atoms with Crippen LogP contribution in [0.5, 0.6) is 0 Å². The van der Waals surface area contributed by atoms with Crippen LogP contribution in [0.1, 0.15) is 63.9 Å². The van der Waals surface area contributed by atoms with Crippen molar-refractivity contribution in [2.45, 2.75) is 83.6 Å². The molecule has 5 rings (SSSR count). The van der Waals surface area contributed by atoms with E-state index in [0.717, 1.165) is 67.7 Å². The Bertz CT molecular complexity index is 1320. The first-order valence-corrected chi connectivity index (χ1v) is 15.3. The minimum Gasteiger partial charge on any atom is -0.381 e. The van der Waals surface area contributed by atoms with Gasteiger partial charge in [0.15, 0.2) is 5.82 Å². The van der Waals surface area contributed by atoms with Gasteiger partial charge >= 0.3 is 0 Å². The van der Waals surface area contributed by atoms with Gasteiger partial charge in [-0.15, -0.1) is 10.2 Å². The lowest BCUT2D eigenvalue weighted by Crippen LogP contribution is -2.45. The minimum atomic E-state index is -0.424. The molecular weight excluding hydrogens is 554 g/mol. The second-order valence-corrected chi connectivity index (χ2v) is 12.1. The van der Waals surface area contributed by atoms with Gasteiger partial charge in [0.05, 0.1) is 28.3 Å². The summed E-state index contributed by atoms with van der Waals surface area (Å²) >= 11 is 6.60. The fourth-order valence-electron chi connectivity index (χ4n) is 5.75. The smallest absolute Gasteiger partial charge is 0.200 e. The van der Waals surface area contributed by atoms with Gasteiger partial charge in [-0.2, -0.15) is 10.5 Å². The van der Waals surface area contributed by atoms with Crippen LogP contribution in [0, 0.1) is 22.7 Å². The molecule has 2 atom stereocenters. The molecule has 0 bridgehead atoms. The maximum atomic E-state index is 9.77. The van der Waals surface area contributed by atoms with Gasteiger partial charge in [0, 0.05) is 49.3 Å². The molecule has 0 amide bonds. The highest BCUT2D eigenvalue weighted by Crippen LogP contribution is 2.33. The van der Waals surface area contributed by atoms with E-state index < -0.39 is 5.41 Å². The molecule has 2 aliphatic rings. The third kappa shape index (κ3) is 8.01. The van der Waals surface area contributed by atoms with E-state index in [-0.39, 0.29) is 12.1 Å². The van der Waals surface area contributed by atoms with Gasteiger partial charge in [-0.25, -0.2) is 4.98 Å². The van der Waals surface area contributed by atoms with Gasteiger partial charge in [-0.1, -0.05) is 22.9 Å². The van der Waals surface area contributed by atoms with Crippen LogP contribution in [0.3, 0.4) is 0 Å². The Balaban J connectivity index is 1.12. The third-order valence-corrected chi connectivity index (χ3v) is 8.94. The Morgan fingerprint density at radius 2 is 2.02 bits per heavy atom. The Labute approximate surface area is 252 Å². The van der Waals surface area contributed by atoms with E-state index in [1.165, 1.54) is 0 Å². The summed E-state index contributed by atoms with van der Waals surface area (Å²) in [6.07, 6.45) is 8.68. The first-order valence-electron chi connectivity index (χ1n) is 14.9. The van der Waals surface area contributed by atoms with Crippen molar-refractivity contribution in [3.63, 3.8) is 0 Å². The van der Waals surface area contributed by atoms with Crippen LogP contribution in [0.4, 0.5) is 5.82 Å². The van der Waals surface area contributed by atoms with Gasteiger partial charge in [0.25, 0.3) is 0 Å². The summed E-state index contributed by atoms with van der Waals surface area (Å²) < 4.78 is 11.4. The number of tetrazole rings is 1. The number of ether oxygens (including phenoxy) is 2. The maximum Gasteiger partial charge on any atom is 0.200 e. The molecule has 0 spiro atoms. The number of halogens is 1. The van der Waals surface area contributed by atoms with Crippen LogP contribution >= 0.6 is 11.6 Å². The molecule has 12 heteroatoms. The van der Waals surface area contributed by atoms with Gasteiger partial charge in [0.1, 0.15) is 12.4 Å². The molecule has 0 aromatic carbocycles. The van der Waals surface area contributed by atoms with E-state index >= 15 is 0 Å². The van der Waals surface area contributed by atoms with Crippen molar-refractivity contribution >= 4 is 17.4 Å². The number of H-pyrrole nitrogens is 1. The van der Waals surface area contributed by atoms with E-state index in [1.54, 1.807) is 6.20 Å². The molecule has 1 saturated heterocycles. The topological polar surface area (TPSA) is 147 Å². The zero-order chi connectivity index (χ0) is 29.4. The molecular formula is C30H40ClN9O2. The summed E-state index contributed by atoms with van der Waals surface area (Å²) in [5.74, 6) is 1.87. The SMILES string of the molecule is C[C@H](OCc1nn[nH]n1)[C@@H](C)NC1CCC(Cc2cc(-c3cccc(NCC4(C#N)CCOCC4)n3)c(Cl)cn2)CC1. The Morgan fingerprint density at radius 1 is 1.21 bits per heavy atom. The lowest BCUT2D eigenvalue weighted by molar-refractivity contribution is 0.0232. The van der Waals surface area contributed by atoms with Crippen LogP contribution in [0.25, 0.3) is 11.3 Å². The summed E-state index contributed by atoms with van der Waals surface area (Å²) in [5.41, 5.74) is 2.29. The van der Waals surface area contributed by atoms with E-state index in [0.29, 0.717) is 49.2 Å². The van der Waals surface area contributed by atoms with Gasteiger partial charge < -0.3 is 20.1 Å². The number of rotatable bonds is 12. The zero-order valence-corrected chi connectivity index (χ0v) is 25.1. The average molecular weight is 594 g/mol. The second-order valence-electron chi connectivity index (χ2n) is 11.6. The standard InChI is InChI=1S/C30H40ClN9O2/c1-20(21(2)42-17-29-37-39-40-38-29)35-23-8-6-22(7-9-23)14-24-15-25(26(31)16-33-24)27-4-3-5-28(36-27)34-19-30(18-32)10-12-41-13-11-30/h3-5,15-16,20-23,35H,6-14,17,19H2,1-2H3,(H,34,36)(H,37,38,39,40)/t20-,21+,22?,23?/m1/s1. The number of hydrogen-bond acceptors (Lipinski definition) is 10. The van der Waals surface area contributed by atoms with E-state index in [4.69, 9.17) is 26.1 Å². The predicted octanol–water partition coefficient (Wildman–Crippen LogP) is 4.73. The number of nitrogens with zero attached hydrogens (tertiary/aromatic N) is 6. The van der Waals surface area contributed by atoms with Crippen molar-refractivity contribution in [3.8, 4) is 17.3 Å². The largest absolute Gasteiger partial charge is 0.381 e. The van der Waals surface area contributed by atoms with E-state index in [1.807, 2.05) is 18.2 Å². The van der Waals surface area contributed by atoms with Gasteiger partial charge in [-0.05, 0) is 82.9 Å². The van der Waals surface area contributed by atoms with Gasteiger partial charge in [0.2, 0.25) is 0 Å². The molecule has 2 fully saturated rings. The molecule has 3 N–H and O–H groups in total. The quantitative estimate of drug-likeness (QED) is 0.269. The molecule has 1 aliphatic heterocycles. The number of aromatic amines is 1. The number of nitriles is 1. The lowest BCUT2D eigenvalue weighted by Gasteiger charge is -2.33. The lowest BCUT2D eigenvalue weighted by atomic mass is 9.82. The first kappa shape index (κ1) is 30.3. The van der Waals surface area contributed by atoms with E-state index in [9.17, 15) is 5.26 Å². The first-order chi connectivity index (χ1) is 20.4. The van der Waals surface area contributed by atoms with E-state index in [2.05, 4.69) is 62.2 Å². The Kier molecular flexibility index (Phi) is 10.3. The number of hydrogen-bond donors (Lipinski definition) is 3. The Morgan fingerprint density at radius 3 is 2.76 bits per heavy atom. The molecule has 0 unspecified atom stereocenters. The summed E-state index contributed by atoms with van der Waals surface area (Å²) in [6.45, 7) is 6.36. The van der Waals surface area contributed by atoms with Crippen LogP contribution in [-0.2, 0) is 22.5 Å². The number of nitrogens with one attached hydrogen (secondary N) is 3. The summed E-state index contributed by atoms with van der Waals surface area (Å²) in [4.78, 5) is 9.49. The zero-order valence-electron chi connectivity index (χ0n) is 24.4. The van der Waals surface area contributed by atoms with Crippen molar-refractivity contribution in [2.75, 3.05) is 25.1 Å². The van der Waals surface area contributed by atoms with Crippen LogP contribution in [0.15, 0.2) is 30.5 Å².